The van der Waals surface area contributed by atoms with Gasteiger partial charge in [0.2, 0.25) is 0 Å². The zero-order valence-electron chi connectivity index (χ0n) is 34.6. The maximum Gasteiger partial charge on any atom is 0.333 e. The molecule has 1 heterocycles. The van der Waals surface area contributed by atoms with E-state index in [1.54, 1.807) is 0 Å². The quantitative estimate of drug-likeness (QED) is 0.0703. The van der Waals surface area contributed by atoms with Gasteiger partial charge >= 0.3 is 5.88 Å². The molecule has 0 atom stereocenters. The van der Waals surface area contributed by atoms with E-state index in [0.29, 0.717) is 43.5 Å². The fraction of sp³-hybridized carbons (Fsp3) is 0.438. The van der Waals surface area contributed by atoms with E-state index in [2.05, 4.69) is 152 Å². The van der Waals surface area contributed by atoms with E-state index in [-0.39, 0.29) is 12.4 Å². The van der Waals surface area contributed by atoms with Crippen molar-refractivity contribution >= 4 is 0 Å². The zero-order valence-corrected chi connectivity index (χ0v) is 35.4. The van der Waals surface area contributed by atoms with Gasteiger partial charge in [0.15, 0.2) is 5.69 Å². The Hall–Kier alpha value is -4.22. The van der Waals surface area contributed by atoms with E-state index in [1.165, 1.54) is 39.2 Å². The molecule has 0 aliphatic rings. The molecular formula is C48H63ClN2O3. The van der Waals surface area contributed by atoms with Crippen molar-refractivity contribution in [3.8, 4) is 28.8 Å². The van der Waals surface area contributed by atoms with Gasteiger partial charge in [-0.3, -0.25) is 0 Å². The van der Waals surface area contributed by atoms with Gasteiger partial charge in [0, 0.05) is 29.2 Å². The molecule has 1 aromatic heterocycles. The molecule has 54 heavy (non-hydrogen) atoms. The number of halogens is 1. The number of unbranched alkanes of at least 4 members (excludes halogenated alkanes) is 1. The van der Waals surface area contributed by atoms with Gasteiger partial charge in [-0.15, -0.1) is 0 Å². The standard InChI is InChI=1S/C48H63N2O3.ClH/c1-12-39-29-40(53-30-38-20-14-13-15-21-38)28-36(10)47(39)51-26-16-17-27-52-48-37(11)49(45-41(32(2)3)22-18-23-42(45)33(4)5)31-50(48)46-43(34(6)7)24-19-25-44(46)35(8)9;/h13-15,18-25,28-29,31-35H,12,16-17,26-27,30H2,1-11H3;1H/q+1;/p-1. The average molecular weight is 751 g/mol. The van der Waals surface area contributed by atoms with Gasteiger partial charge in [-0.1, -0.05) is 129 Å². The molecule has 0 unspecified atom stereocenters. The highest BCUT2D eigenvalue weighted by Gasteiger charge is 2.32. The fourth-order valence-corrected chi connectivity index (χ4v) is 7.32. The van der Waals surface area contributed by atoms with E-state index < -0.39 is 0 Å². The van der Waals surface area contributed by atoms with Gasteiger partial charge in [0.25, 0.3) is 6.33 Å². The normalized spacial score (nSPS) is 11.5. The summed E-state index contributed by atoms with van der Waals surface area (Å²) in [4.78, 5) is 0. The molecule has 0 saturated heterocycles. The summed E-state index contributed by atoms with van der Waals surface area (Å²) in [6.07, 6.45) is 4.94. The van der Waals surface area contributed by atoms with Gasteiger partial charge in [-0.25, -0.2) is 0 Å². The number of para-hydroxylation sites is 2. The molecule has 290 valence electrons. The summed E-state index contributed by atoms with van der Waals surface area (Å²) in [5.41, 5.74) is 12.4. The van der Waals surface area contributed by atoms with Gasteiger partial charge in [0.05, 0.1) is 13.2 Å². The summed E-state index contributed by atoms with van der Waals surface area (Å²) in [5, 5.41) is 0. The Bertz CT molecular complexity index is 1910. The molecular weight excluding hydrogens is 688 g/mol. The van der Waals surface area contributed by atoms with Gasteiger partial charge < -0.3 is 26.6 Å². The van der Waals surface area contributed by atoms with Crippen LogP contribution in [0.15, 0.2) is 85.2 Å². The molecule has 0 aliphatic heterocycles. The molecule has 0 bridgehead atoms. The Morgan fingerprint density at radius 1 is 0.630 bits per heavy atom. The van der Waals surface area contributed by atoms with Crippen LogP contribution in [-0.2, 0) is 13.0 Å². The Balaban J connectivity index is 0.00000650. The van der Waals surface area contributed by atoms with Crippen LogP contribution in [0.3, 0.4) is 0 Å². The molecule has 4 aromatic carbocycles. The Kier molecular flexibility index (Phi) is 15.3. The van der Waals surface area contributed by atoms with Crippen LogP contribution in [-0.4, -0.2) is 17.8 Å². The van der Waals surface area contributed by atoms with Crippen LogP contribution in [0.4, 0.5) is 0 Å². The molecule has 0 spiro atoms. The number of aryl methyl sites for hydroxylation is 2. The lowest BCUT2D eigenvalue weighted by Crippen LogP contribution is -3.00. The minimum Gasteiger partial charge on any atom is -1.00 e. The van der Waals surface area contributed by atoms with Crippen molar-refractivity contribution in [3.05, 3.63) is 130 Å². The summed E-state index contributed by atoms with van der Waals surface area (Å²) in [6, 6.07) is 28.1. The van der Waals surface area contributed by atoms with Crippen molar-refractivity contribution in [2.45, 2.75) is 126 Å². The third kappa shape index (κ3) is 9.71. The number of aromatic nitrogens is 2. The minimum atomic E-state index is 0. The van der Waals surface area contributed by atoms with Crippen LogP contribution in [0.2, 0.25) is 0 Å². The van der Waals surface area contributed by atoms with Crippen molar-refractivity contribution in [2.24, 2.45) is 0 Å². The van der Waals surface area contributed by atoms with Gasteiger partial charge in [0.1, 0.15) is 29.5 Å². The minimum absolute atomic E-state index is 0. The summed E-state index contributed by atoms with van der Waals surface area (Å²) >= 11 is 0. The van der Waals surface area contributed by atoms with Crippen LogP contribution in [0.1, 0.15) is 143 Å². The van der Waals surface area contributed by atoms with E-state index >= 15 is 0 Å². The highest BCUT2D eigenvalue weighted by molar-refractivity contribution is 5.53. The second-order valence-electron chi connectivity index (χ2n) is 15.7. The molecule has 0 radical (unpaired) electrons. The van der Waals surface area contributed by atoms with Gasteiger partial charge in [-0.05, 0) is 78.7 Å². The summed E-state index contributed by atoms with van der Waals surface area (Å²) < 4.78 is 24.2. The smallest absolute Gasteiger partial charge is 0.333 e. The molecule has 0 fully saturated rings. The predicted molar refractivity (Wildman–Crippen MR) is 220 cm³/mol. The van der Waals surface area contributed by atoms with Crippen molar-refractivity contribution in [1.82, 2.24) is 4.57 Å². The lowest BCUT2D eigenvalue weighted by atomic mass is 9.92. The van der Waals surface area contributed by atoms with Crippen LogP contribution in [0, 0.1) is 13.8 Å². The first-order valence-corrected chi connectivity index (χ1v) is 19.9. The summed E-state index contributed by atoms with van der Waals surface area (Å²) in [6.45, 7) is 26.6. The number of ether oxygens (including phenoxy) is 3. The van der Waals surface area contributed by atoms with Crippen LogP contribution >= 0.6 is 0 Å². The Morgan fingerprint density at radius 3 is 1.70 bits per heavy atom. The SMILES string of the molecule is CCc1cc(OCc2ccccc2)cc(C)c1OCCCCOc1c(C)n(-c2c(C(C)C)cccc2C(C)C)c[n+]1-c1c(C(C)C)cccc1C(C)C.[Cl-]. The van der Waals surface area contributed by atoms with Crippen molar-refractivity contribution < 1.29 is 31.2 Å². The first-order chi connectivity index (χ1) is 25.4. The third-order valence-corrected chi connectivity index (χ3v) is 10.3. The second kappa shape index (κ2) is 19.4. The predicted octanol–water partition coefficient (Wildman–Crippen LogP) is 9.25. The first-order valence-electron chi connectivity index (χ1n) is 19.9. The first kappa shape index (κ1) is 42.5. The molecule has 0 saturated carbocycles. The van der Waals surface area contributed by atoms with Crippen molar-refractivity contribution in [1.29, 1.82) is 0 Å². The third-order valence-electron chi connectivity index (χ3n) is 10.3. The van der Waals surface area contributed by atoms with E-state index in [1.807, 2.05) is 18.2 Å². The molecule has 0 N–H and O–H groups in total. The topological polar surface area (TPSA) is 36.5 Å². The summed E-state index contributed by atoms with van der Waals surface area (Å²) in [5.74, 6) is 4.25. The molecule has 0 aliphatic carbocycles. The van der Waals surface area contributed by atoms with Crippen molar-refractivity contribution in [3.63, 3.8) is 0 Å². The number of imidazole rings is 1. The van der Waals surface area contributed by atoms with E-state index in [9.17, 15) is 0 Å². The average Bonchev–Trinajstić information content (AvgIpc) is 3.46. The molecule has 5 aromatic rings. The van der Waals surface area contributed by atoms with Crippen molar-refractivity contribution in [2.75, 3.05) is 13.2 Å². The number of nitrogens with zero attached hydrogens (tertiary/aromatic N) is 2. The van der Waals surface area contributed by atoms with Crippen LogP contribution in [0.5, 0.6) is 17.4 Å². The Labute approximate surface area is 332 Å². The highest BCUT2D eigenvalue weighted by atomic mass is 35.5. The molecule has 6 heteroatoms. The lowest BCUT2D eigenvalue weighted by molar-refractivity contribution is -0.603. The largest absolute Gasteiger partial charge is 1.00 e. The molecule has 5 nitrogen and oxygen atoms in total. The number of benzene rings is 4. The maximum atomic E-state index is 6.86. The maximum absolute atomic E-state index is 6.86. The number of rotatable bonds is 17. The monoisotopic (exact) mass is 750 g/mol. The zero-order chi connectivity index (χ0) is 38.2. The molecule has 5 rings (SSSR count). The Morgan fingerprint density at radius 2 is 1.17 bits per heavy atom. The van der Waals surface area contributed by atoms with E-state index in [4.69, 9.17) is 14.2 Å². The van der Waals surface area contributed by atoms with Gasteiger partial charge in [-0.2, -0.15) is 9.13 Å². The van der Waals surface area contributed by atoms with Crippen LogP contribution < -0.4 is 31.2 Å². The number of hydrogen-bond donors (Lipinski definition) is 0. The summed E-state index contributed by atoms with van der Waals surface area (Å²) in [7, 11) is 0. The van der Waals surface area contributed by atoms with E-state index in [0.717, 1.165) is 53.5 Å². The van der Waals surface area contributed by atoms with Crippen LogP contribution in [0.25, 0.3) is 11.4 Å². The fourth-order valence-electron chi connectivity index (χ4n) is 7.32. The second-order valence-corrected chi connectivity index (χ2v) is 15.7. The molecule has 0 amide bonds. The highest BCUT2D eigenvalue weighted by Crippen LogP contribution is 2.36. The lowest BCUT2D eigenvalue weighted by Gasteiger charge is -2.18. The number of hydrogen-bond acceptors (Lipinski definition) is 3.